The molecular weight excluding hydrogens is 329 g/mol. The highest BCUT2D eigenvalue weighted by Gasteiger charge is 2.44. The number of halogens is 3. The van der Waals surface area contributed by atoms with Crippen LogP contribution in [0, 0.1) is 0 Å². The fourth-order valence-electron chi connectivity index (χ4n) is 3.93. The molecule has 0 aliphatic carbocycles. The van der Waals surface area contributed by atoms with Gasteiger partial charge in [0.2, 0.25) is 0 Å². The molecule has 1 fully saturated rings. The maximum absolute atomic E-state index is 13.3. The Morgan fingerprint density at radius 3 is 2.52 bits per heavy atom. The number of fused-ring (bicyclic) bond motifs is 3. The maximum atomic E-state index is 13.3. The number of likely N-dealkylation sites (tertiary alicyclic amines) is 1. The van der Waals surface area contributed by atoms with Crippen LogP contribution in [0.5, 0.6) is 0 Å². The second-order valence-electron chi connectivity index (χ2n) is 6.63. The summed E-state index contributed by atoms with van der Waals surface area (Å²) in [5, 5.41) is 2.78. The lowest BCUT2D eigenvalue weighted by Gasteiger charge is -2.29. The zero-order valence-corrected chi connectivity index (χ0v) is 13.4. The summed E-state index contributed by atoms with van der Waals surface area (Å²) >= 11 is 0. The zero-order chi connectivity index (χ0) is 17.6. The molecule has 0 saturated carbocycles. The Morgan fingerprint density at radius 2 is 1.80 bits per heavy atom. The summed E-state index contributed by atoms with van der Waals surface area (Å²) in [7, 11) is 0. The molecule has 2 aromatic carbocycles. The molecule has 0 bridgehead atoms. The molecule has 2 atom stereocenters. The van der Waals surface area contributed by atoms with Crippen LogP contribution in [0.3, 0.4) is 0 Å². The highest BCUT2D eigenvalue weighted by molar-refractivity contribution is 5.99. The minimum Gasteiger partial charge on any atom is -0.347 e. The minimum atomic E-state index is -4.53. The third kappa shape index (κ3) is 2.91. The molecule has 2 unspecified atom stereocenters. The topological polar surface area (TPSA) is 32.3 Å². The first-order valence-corrected chi connectivity index (χ1v) is 8.21. The van der Waals surface area contributed by atoms with Gasteiger partial charge in [-0.1, -0.05) is 42.5 Å². The summed E-state index contributed by atoms with van der Waals surface area (Å²) in [6.07, 6.45) is -4.53. The molecule has 1 amide bonds. The van der Waals surface area contributed by atoms with Crippen molar-refractivity contribution in [2.45, 2.75) is 24.7 Å². The average molecular weight is 346 g/mol. The van der Waals surface area contributed by atoms with E-state index < -0.39 is 17.6 Å². The summed E-state index contributed by atoms with van der Waals surface area (Å²) in [6.45, 7) is 1.99. The molecule has 2 heterocycles. The molecule has 1 N–H and O–H groups in total. The van der Waals surface area contributed by atoms with Crippen LogP contribution in [-0.4, -0.2) is 29.9 Å². The first-order valence-electron chi connectivity index (χ1n) is 8.21. The first kappa shape index (κ1) is 16.1. The van der Waals surface area contributed by atoms with E-state index in [2.05, 4.69) is 10.2 Å². The van der Waals surface area contributed by atoms with Crippen LogP contribution in [0.25, 0.3) is 0 Å². The molecule has 2 aromatic rings. The molecule has 2 aliphatic heterocycles. The van der Waals surface area contributed by atoms with E-state index in [1.54, 1.807) is 6.07 Å². The van der Waals surface area contributed by atoms with Crippen molar-refractivity contribution in [3.05, 3.63) is 70.8 Å². The number of hydrogen-bond donors (Lipinski definition) is 1. The Kier molecular flexibility index (Phi) is 3.80. The summed E-state index contributed by atoms with van der Waals surface area (Å²) in [4.78, 5) is 14.5. The van der Waals surface area contributed by atoms with Gasteiger partial charge in [0, 0.05) is 31.6 Å². The van der Waals surface area contributed by atoms with Gasteiger partial charge in [-0.25, -0.2) is 0 Å². The van der Waals surface area contributed by atoms with E-state index >= 15 is 0 Å². The number of nitrogens with one attached hydrogen (secondary N) is 1. The lowest BCUT2D eigenvalue weighted by molar-refractivity contribution is -0.138. The Bertz CT molecular complexity index is 804. The predicted octanol–water partition coefficient (Wildman–Crippen LogP) is 3.42. The monoisotopic (exact) mass is 346 g/mol. The fraction of sp³-hybridized carbons (Fsp3) is 0.316. The number of hydrogen-bond acceptors (Lipinski definition) is 2. The van der Waals surface area contributed by atoms with E-state index in [0.717, 1.165) is 18.2 Å². The molecule has 4 rings (SSSR count). The number of amides is 1. The standard InChI is InChI=1S/C19H17F3N2O/c20-19(21,22)15-8-4-7-13-14-10-24(9-12-5-2-1-3-6-12)11-16(14)23-18(25)17(13)15/h1-8,14,16H,9-11H2,(H,23,25). The van der Waals surface area contributed by atoms with Crippen molar-refractivity contribution < 1.29 is 18.0 Å². The number of carbonyl (C=O) groups is 1. The summed E-state index contributed by atoms with van der Waals surface area (Å²) in [5.41, 5.74) is 0.608. The van der Waals surface area contributed by atoms with Crippen molar-refractivity contribution >= 4 is 5.91 Å². The van der Waals surface area contributed by atoms with Crippen LogP contribution in [0.1, 0.15) is 33.0 Å². The van der Waals surface area contributed by atoms with Crippen LogP contribution in [0.4, 0.5) is 13.2 Å². The average Bonchev–Trinajstić information content (AvgIpc) is 2.97. The highest BCUT2D eigenvalue weighted by atomic mass is 19.4. The largest absolute Gasteiger partial charge is 0.417 e. The van der Waals surface area contributed by atoms with Gasteiger partial charge in [-0.15, -0.1) is 0 Å². The zero-order valence-electron chi connectivity index (χ0n) is 13.4. The molecule has 0 aromatic heterocycles. The van der Waals surface area contributed by atoms with Gasteiger partial charge >= 0.3 is 6.18 Å². The molecule has 3 nitrogen and oxygen atoms in total. The second kappa shape index (κ2) is 5.88. The van der Waals surface area contributed by atoms with Gasteiger partial charge in [-0.3, -0.25) is 9.69 Å². The van der Waals surface area contributed by atoms with Crippen LogP contribution >= 0.6 is 0 Å². The number of rotatable bonds is 2. The Morgan fingerprint density at radius 1 is 1.04 bits per heavy atom. The van der Waals surface area contributed by atoms with E-state index in [1.807, 2.05) is 30.3 Å². The van der Waals surface area contributed by atoms with Crippen LogP contribution in [0.15, 0.2) is 48.5 Å². The van der Waals surface area contributed by atoms with Gasteiger partial charge < -0.3 is 5.32 Å². The van der Waals surface area contributed by atoms with E-state index in [-0.39, 0.29) is 17.5 Å². The van der Waals surface area contributed by atoms with E-state index in [1.165, 1.54) is 6.07 Å². The minimum absolute atomic E-state index is 0.112. The highest BCUT2D eigenvalue weighted by Crippen LogP contribution is 2.40. The smallest absolute Gasteiger partial charge is 0.347 e. The molecular formula is C19H17F3N2O. The SMILES string of the molecule is O=C1NC2CN(Cc3ccccc3)CC2c2cccc(C(F)(F)F)c21. The van der Waals surface area contributed by atoms with Crippen LogP contribution in [-0.2, 0) is 12.7 Å². The summed E-state index contributed by atoms with van der Waals surface area (Å²) in [5.74, 6) is -0.732. The Labute approximate surface area is 143 Å². The van der Waals surface area contributed by atoms with Crippen LogP contribution < -0.4 is 5.32 Å². The predicted molar refractivity (Wildman–Crippen MR) is 87.2 cm³/mol. The van der Waals surface area contributed by atoms with Crippen molar-refractivity contribution in [3.63, 3.8) is 0 Å². The van der Waals surface area contributed by atoms with Crippen molar-refractivity contribution in [2.24, 2.45) is 0 Å². The Hall–Kier alpha value is -2.34. The Balaban J connectivity index is 1.64. The lowest BCUT2D eigenvalue weighted by Crippen LogP contribution is -2.45. The summed E-state index contributed by atoms with van der Waals surface area (Å²) < 4.78 is 39.8. The van der Waals surface area contributed by atoms with Crippen LogP contribution in [0.2, 0.25) is 0 Å². The quantitative estimate of drug-likeness (QED) is 0.904. The third-order valence-corrected chi connectivity index (χ3v) is 4.99. The maximum Gasteiger partial charge on any atom is 0.417 e. The molecule has 0 spiro atoms. The number of alkyl halides is 3. The normalized spacial score (nSPS) is 23.1. The fourth-order valence-corrected chi connectivity index (χ4v) is 3.93. The van der Waals surface area contributed by atoms with Crippen molar-refractivity contribution in [3.8, 4) is 0 Å². The van der Waals surface area contributed by atoms with E-state index in [4.69, 9.17) is 0 Å². The van der Waals surface area contributed by atoms with Gasteiger partial charge in [0.05, 0.1) is 11.1 Å². The van der Waals surface area contributed by atoms with Gasteiger partial charge in [0.15, 0.2) is 0 Å². The van der Waals surface area contributed by atoms with Crippen molar-refractivity contribution in [1.29, 1.82) is 0 Å². The van der Waals surface area contributed by atoms with Gasteiger partial charge in [-0.05, 0) is 17.2 Å². The summed E-state index contributed by atoms with van der Waals surface area (Å²) in [6, 6.07) is 13.8. The second-order valence-corrected chi connectivity index (χ2v) is 6.63. The molecule has 1 saturated heterocycles. The molecule has 6 heteroatoms. The van der Waals surface area contributed by atoms with Gasteiger partial charge in [0.25, 0.3) is 5.91 Å². The molecule has 25 heavy (non-hydrogen) atoms. The van der Waals surface area contributed by atoms with E-state index in [9.17, 15) is 18.0 Å². The number of carbonyl (C=O) groups excluding carboxylic acids is 1. The van der Waals surface area contributed by atoms with Crippen molar-refractivity contribution in [2.75, 3.05) is 13.1 Å². The molecule has 130 valence electrons. The van der Waals surface area contributed by atoms with Gasteiger partial charge in [0.1, 0.15) is 0 Å². The van der Waals surface area contributed by atoms with Crippen molar-refractivity contribution in [1.82, 2.24) is 10.2 Å². The molecule has 0 radical (unpaired) electrons. The number of nitrogens with zero attached hydrogens (tertiary/aromatic N) is 1. The first-order chi connectivity index (χ1) is 11.9. The third-order valence-electron chi connectivity index (χ3n) is 4.99. The van der Waals surface area contributed by atoms with E-state index in [0.29, 0.717) is 18.7 Å². The lowest BCUT2D eigenvalue weighted by atomic mass is 9.84. The molecule has 2 aliphatic rings. The number of benzene rings is 2. The van der Waals surface area contributed by atoms with Gasteiger partial charge in [-0.2, -0.15) is 13.2 Å².